The van der Waals surface area contributed by atoms with Crippen molar-refractivity contribution in [3.05, 3.63) is 12.2 Å². The predicted molar refractivity (Wildman–Crippen MR) is 52.2 cm³/mol. The summed E-state index contributed by atoms with van der Waals surface area (Å²) < 4.78 is 5.55. The van der Waals surface area contributed by atoms with Crippen LogP contribution in [-0.2, 0) is 4.74 Å². The minimum Gasteiger partial charge on any atom is -0.411 e. The van der Waals surface area contributed by atoms with Crippen molar-refractivity contribution in [1.82, 2.24) is 0 Å². The zero-order valence-electron chi connectivity index (χ0n) is 8.02. The molecule has 1 fully saturated rings. The Balaban J connectivity index is 2.20. The monoisotopic (exact) mass is 183 g/mol. The third kappa shape index (κ3) is 4.08. The van der Waals surface area contributed by atoms with Crippen molar-refractivity contribution in [1.29, 1.82) is 0 Å². The summed E-state index contributed by atoms with van der Waals surface area (Å²) in [6.45, 7) is 2.42. The van der Waals surface area contributed by atoms with Crippen LogP contribution in [-0.4, -0.2) is 24.1 Å². The second-order valence-electron chi connectivity index (χ2n) is 3.31. The maximum Gasteiger partial charge on any atom is 0.0855 e. The number of ether oxygens (including phenoxy) is 1. The molecular formula is C10H17NO2. The molecule has 0 heterocycles. The normalized spacial score (nSPS) is 20.1. The van der Waals surface area contributed by atoms with E-state index < -0.39 is 0 Å². The van der Waals surface area contributed by atoms with Crippen LogP contribution < -0.4 is 0 Å². The minimum absolute atomic E-state index is 0.314. The van der Waals surface area contributed by atoms with E-state index in [1.54, 1.807) is 0 Å². The summed E-state index contributed by atoms with van der Waals surface area (Å²) in [6, 6.07) is 0. The average molecular weight is 183 g/mol. The van der Waals surface area contributed by atoms with Crippen molar-refractivity contribution in [3.63, 3.8) is 0 Å². The highest BCUT2D eigenvalue weighted by molar-refractivity contribution is 5.57. The van der Waals surface area contributed by atoms with Gasteiger partial charge in [0.15, 0.2) is 0 Å². The van der Waals surface area contributed by atoms with Crippen LogP contribution in [0.5, 0.6) is 0 Å². The van der Waals surface area contributed by atoms with Crippen LogP contribution >= 0.6 is 0 Å². The zero-order valence-corrected chi connectivity index (χ0v) is 8.02. The van der Waals surface area contributed by atoms with E-state index in [2.05, 4.69) is 11.2 Å². The highest BCUT2D eigenvalue weighted by atomic mass is 16.5. The van der Waals surface area contributed by atoms with Crippen molar-refractivity contribution in [2.75, 3.05) is 6.61 Å². The van der Waals surface area contributed by atoms with Crippen molar-refractivity contribution in [2.24, 2.45) is 11.1 Å². The zero-order chi connectivity index (χ0) is 9.52. The third-order valence-electron chi connectivity index (χ3n) is 2.22. The van der Waals surface area contributed by atoms with Gasteiger partial charge in [-0.2, -0.15) is 0 Å². The molecule has 0 amide bonds. The topological polar surface area (TPSA) is 41.8 Å². The van der Waals surface area contributed by atoms with Gasteiger partial charge in [-0.3, -0.25) is 0 Å². The molecule has 0 aromatic heterocycles. The first-order valence-corrected chi connectivity index (χ1v) is 4.77. The molecule has 1 atom stereocenters. The summed E-state index contributed by atoms with van der Waals surface area (Å²) in [5, 5.41) is 11.1. The van der Waals surface area contributed by atoms with Crippen molar-refractivity contribution < 1.29 is 9.94 Å². The number of nitrogens with zero attached hydrogens (tertiary/aromatic N) is 1. The van der Waals surface area contributed by atoms with Gasteiger partial charge >= 0.3 is 0 Å². The van der Waals surface area contributed by atoms with Crippen LogP contribution in [0, 0.1) is 5.92 Å². The minimum atomic E-state index is 0.314. The van der Waals surface area contributed by atoms with Gasteiger partial charge in [-0.1, -0.05) is 17.3 Å². The predicted octanol–water partition coefficient (Wildman–Crippen LogP) is 2.21. The van der Waals surface area contributed by atoms with E-state index in [1.807, 2.05) is 13.0 Å². The lowest BCUT2D eigenvalue weighted by Gasteiger charge is -2.13. The van der Waals surface area contributed by atoms with E-state index in [9.17, 15) is 0 Å². The van der Waals surface area contributed by atoms with Crippen LogP contribution in [0.2, 0.25) is 0 Å². The van der Waals surface area contributed by atoms with E-state index in [1.165, 1.54) is 19.1 Å². The smallest absolute Gasteiger partial charge is 0.0855 e. The lowest BCUT2D eigenvalue weighted by atomic mass is 10.1. The molecule has 1 aliphatic carbocycles. The quantitative estimate of drug-likeness (QED) is 0.297. The molecule has 1 saturated carbocycles. The van der Waals surface area contributed by atoms with E-state index in [-0.39, 0.29) is 0 Å². The van der Waals surface area contributed by atoms with E-state index in [0.29, 0.717) is 12.7 Å². The Morgan fingerprint density at radius 1 is 1.62 bits per heavy atom. The maximum absolute atomic E-state index is 8.18. The Morgan fingerprint density at radius 3 is 2.92 bits per heavy atom. The largest absolute Gasteiger partial charge is 0.411 e. The molecule has 3 nitrogen and oxygen atoms in total. The number of hydrogen-bond acceptors (Lipinski definition) is 3. The second kappa shape index (κ2) is 5.75. The van der Waals surface area contributed by atoms with Crippen molar-refractivity contribution in [3.8, 4) is 0 Å². The van der Waals surface area contributed by atoms with E-state index in [4.69, 9.17) is 9.94 Å². The molecular weight excluding hydrogens is 166 g/mol. The van der Waals surface area contributed by atoms with Crippen molar-refractivity contribution >= 4 is 6.21 Å². The van der Waals surface area contributed by atoms with Gasteiger partial charge in [0.05, 0.1) is 18.9 Å². The third-order valence-corrected chi connectivity index (χ3v) is 2.22. The van der Waals surface area contributed by atoms with Crippen LogP contribution in [0.15, 0.2) is 17.3 Å². The Kier molecular flexibility index (Phi) is 4.54. The van der Waals surface area contributed by atoms with Crippen molar-refractivity contribution in [2.45, 2.75) is 32.3 Å². The summed E-state index contributed by atoms with van der Waals surface area (Å²) in [4.78, 5) is 0. The first kappa shape index (κ1) is 10.3. The van der Waals surface area contributed by atoms with Gasteiger partial charge in [0.1, 0.15) is 0 Å². The standard InChI is InChI=1S/C10H17NO2/c1-2-3-4-10(9-5-6-9)13-8-7-11-12/h2-3,7,9-10,12H,4-6,8H2,1H3/b3-2+,11-7+/t10-/m1/s1. The molecule has 1 N–H and O–H groups in total. The summed E-state index contributed by atoms with van der Waals surface area (Å²) in [5.41, 5.74) is 0. The Morgan fingerprint density at radius 2 is 2.38 bits per heavy atom. The van der Waals surface area contributed by atoms with Gasteiger partial charge in [-0.05, 0) is 32.1 Å². The van der Waals surface area contributed by atoms with Gasteiger partial charge in [-0.25, -0.2) is 0 Å². The Hall–Kier alpha value is -0.830. The molecule has 0 unspecified atom stereocenters. The lowest BCUT2D eigenvalue weighted by molar-refractivity contribution is 0.0678. The number of oxime groups is 1. The SMILES string of the molecule is C/C=C/C[C@@H](OC/C=N/O)C1CC1. The molecule has 0 spiro atoms. The summed E-state index contributed by atoms with van der Waals surface area (Å²) in [7, 11) is 0. The fraction of sp³-hybridized carbons (Fsp3) is 0.700. The first-order chi connectivity index (χ1) is 6.38. The molecule has 0 bridgehead atoms. The fourth-order valence-electron chi connectivity index (χ4n) is 1.33. The molecule has 13 heavy (non-hydrogen) atoms. The summed E-state index contributed by atoms with van der Waals surface area (Å²) in [5.74, 6) is 0.725. The molecule has 1 rings (SSSR count). The first-order valence-electron chi connectivity index (χ1n) is 4.77. The fourth-order valence-corrected chi connectivity index (χ4v) is 1.33. The molecule has 0 radical (unpaired) electrons. The molecule has 3 heteroatoms. The van der Waals surface area contributed by atoms with Gasteiger partial charge in [0, 0.05) is 0 Å². The average Bonchev–Trinajstić information content (AvgIpc) is 2.94. The summed E-state index contributed by atoms with van der Waals surface area (Å²) >= 11 is 0. The second-order valence-corrected chi connectivity index (χ2v) is 3.31. The van der Waals surface area contributed by atoms with E-state index in [0.717, 1.165) is 12.3 Å². The summed E-state index contributed by atoms with van der Waals surface area (Å²) in [6.07, 6.45) is 9.38. The van der Waals surface area contributed by atoms with Crippen LogP contribution in [0.25, 0.3) is 0 Å². The highest BCUT2D eigenvalue weighted by Crippen LogP contribution is 2.35. The molecule has 0 saturated heterocycles. The van der Waals surface area contributed by atoms with Crippen LogP contribution in [0.4, 0.5) is 0 Å². The molecule has 0 aromatic carbocycles. The Labute approximate surface area is 79.1 Å². The number of rotatable bonds is 6. The van der Waals surface area contributed by atoms with E-state index >= 15 is 0 Å². The van der Waals surface area contributed by atoms with Gasteiger partial charge in [-0.15, -0.1) is 0 Å². The molecule has 1 aliphatic rings. The molecule has 0 aromatic rings. The van der Waals surface area contributed by atoms with Gasteiger partial charge in [0.25, 0.3) is 0 Å². The molecule has 74 valence electrons. The van der Waals surface area contributed by atoms with Gasteiger partial charge < -0.3 is 9.94 Å². The lowest BCUT2D eigenvalue weighted by Crippen LogP contribution is -2.15. The maximum atomic E-state index is 8.18. The highest BCUT2D eigenvalue weighted by Gasteiger charge is 2.30. The number of hydrogen-bond donors (Lipinski definition) is 1. The number of allylic oxidation sites excluding steroid dienone is 1. The van der Waals surface area contributed by atoms with Crippen LogP contribution in [0.3, 0.4) is 0 Å². The molecule has 0 aliphatic heterocycles. The van der Waals surface area contributed by atoms with Gasteiger partial charge in [0.2, 0.25) is 0 Å². The Bertz CT molecular complexity index is 185. The van der Waals surface area contributed by atoms with Crippen LogP contribution in [0.1, 0.15) is 26.2 Å².